The van der Waals surface area contributed by atoms with Gasteiger partial charge in [-0.3, -0.25) is 0 Å². The molecule has 0 saturated heterocycles. The van der Waals surface area contributed by atoms with Crippen molar-refractivity contribution in [1.29, 1.82) is 0 Å². The van der Waals surface area contributed by atoms with E-state index in [9.17, 15) is 0 Å². The van der Waals surface area contributed by atoms with Crippen molar-refractivity contribution in [2.45, 2.75) is 0 Å². The maximum Gasteiger partial charge on any atom is 0 e. The van der Waals surface area contributed by atoms with Gasteiger partial charge in [-0.1, -0.05) is 5.69 Å². The fraction of sp³-hybridized carbons (Fsp3) is 0. The minimum Gasteiger partial charge on any atom is -0.419 e. The first-order chi connectivity index (χ1) is 3.80. The van der Waals surface area contributed by atoms with Crippen LogP contribution in [0.5, 0.6) is 0 Å². The van der Waals surface area contributed by atoms with Gasteiger partial charge in [-0.2, -0.15) is 33.5 Å². The third-order valence-corrected chi connectivity index (χ3v) is 1.43. The van der Waals surface area contributed by atoms with Crippen LogP contribution in [0.3, 0.4) is 0 Å². The minimum absolute atomic E-state index is 0. The van der Waals surface area contributed by atoms with Gasteiger partial charge in [0.1, 0.15) is 0 Å². The quantitative estimate of drug-likeness (QED) is 0.414. The summed E-state index contributed by atoms with van der Waals surface area (Å²) in [6, 6.07) is 8.48. The molecule has 2 N–H and O–H groups in total. The van der Waals surface area contributed by atoms with Gasteiger partial charge in [-0.25, -0.2) is 0 Å². The van der Waals surface area contributed by atoms with Crippen LogP contribution >= 0.6 is 9.24 Å². The number of hydrogen-bond acceptors (Lipinski definition) is 1. The zero-order valence-corrected chi connectivity index (χ0v) is 9.82. The summed E-state index contributed by atoms with van der Waals surface area (Å²) < 4.78 is 0. The van der Waals surface area contributed by atoms with Crippen molar-refractivity contribution in [3.63, 3.8) is 0 Å². The SMILES string of the molecule is Nc1[c-]cccc1P.[Pr]. The molecule has 0 aliphatic rings. The van der Waals surface area contributed by atoms with Gasteiger partial charge < -0.3 is 5.73 Å². The summed E-state index contributed by atoms with van der Waals surface area (Å²) in [7, 11) is 2.53. The van der Waals surface area contributed by atoms with E-state index in [1.807, 2.05) is 12.1 Å². The standard InChI is InChI=1S/C6H7NP.Pr/c7-5-3-1-2-4-6(5)8;/h1-2,4H,7-8H2;/q-1;. The molecule has 0 aliphatic carbocycles. The number of hydrogen-bond donors (Lipinski definition) is 1. The Morgan fingerprint density at radius 3 is 2.56 bits per heavy atom. The summed E-state index contributed by atoms with van der Waals surface area (Å²) in [6.45, 7) is 0. The molecular weight excluding hydrogens is 258 g/mol. The second kappa shape index (κ2) is 4.60. The number of nitrogen functional groups attached to an aromatic ring is 1. The summed E-state index contributed by atoms with van der Waals surface area (Å²) in [5.41, 5.74) is 6.15. The largest absolute Gasteiger partial charge is 0.419 e. The summed E-state index contributed by atoms with van der Waals surface area (Å²) in [6.07, 6.45) is 0. The molecule has 1 radical (unpaired) electrons. The zero-order chi connectivity index (χ0) is 5.98. The van der Waals surface area contributed by atoms with Crippen LogP contribution in [0, 0.1) is 47.4 Å². The average Bonchev–Trinajstić information content (AvgIpc) is 1.77. The monoisotopic (exact) mass is 265 g/mol. The Balaban J connectivity index is 0.000000640. The summed E-state index contributed by atoms with van der Waals surface area (Å²) >= 11 is 0. The fourth-order valence-corrected chi connectivity index (χ4v) is 0.657. The molecule has 1 aromatic carbocycles. The van der Waals surface area contributed by atoms with Gasteiger partial charge in [0, 0.05) is 41.3 Å². The van der Waals surface area contributed by atoms with E-state index in [1.165, 1.54) is 0 Å². The maximum absolute atomic E-state index is 5.44. The molecule has 0 aliphatic heterocycles. The Morgan fingerprint density at radius 2 is 2.22 bits per heavy atom. The normalized spacial score (nSPS) is 8.11. The Kier molecular flexibility index (Phi) is 5.02. The first-order valence-electron chi connectivity index (χ1n) is 2.32. The Labute approximate surface area is 90.6 Å². The minimum atomic E-state index is 0. The van der Waals surface area contributed by atoms with E-state index in [1.54, 1.807) is 6.07 Å². The predicted octanol–water partition coefficient (Wildman–Crippen LogP) is 0.569. The Morgan fingerprint density at radius 1 is 1.56 bits per heavy atom. The molecule has 1 aromatic rings. The molecule has 0 amide bonds. The molecule has 45 valence electrons. The van der Waals surface area contributed by atoms with Gasteiger partial charge in [-0.05, 0) is 0 Å². The fourth-order valence-electron chi connectivity index (χ4n) is 0.463. The molecule has 0 heterocycles. The molecule has 0 saturated carbocycles. The van der Waals surface area contributed by atoms with Crippen LogP contribution in [-0.2, 0) is 0 Å². The zero-order valence-electron chi connectivity index (χ0n) is 4.96. The molecule has 3 heteroatoms. The van der Waals surface area contributed by atoms with Crippen LogP contribution in [0.15, 0.2) is 18.2 Å². The summed E-state index contributed by atoms with van der Waals surface area (Å²) in [5, 5.41) is 1.01. The van der Waals surface area contributed by atoms with Crippen molar-refractivity contribution in [2.75, 3.05) is 5.73 Å². The van der Waals surface area contributed by atoms with E-state index in [0.717, 1.165) is 5.30 Å². The molecule has 1 rings (SSSR count). The van der Waals surface area contributed by atoms with E-state index in [4.69, 9.17) is 5.73 Å². The molecule has 9 heavy (non-hydrogen) atoms. The second-order valence-corrected chi connectivity index (χ2v) is 2.16. The smallest absolute Gasteiger partial charge is 0 e. The predicted molar refractivity (Wildman–Crippen MR) is 39.0 cm³/mol. The van der Waals surface area contributed by atoms with Crippen LogP contribution in [-0.4, -0.2) is 0 Å². The number of benzene rings is 1. The molecule has 1 atom stereocenters. The van der Waals surface area contributed by atoms with Gasteiger partial charge in [-0.15, -0.1) is 5.30 Å². The average molecular weight is 265 g/mol. The van der Waals surface area contributed by atoms with Crippen LogP contribution in [0.2, 0.25) is 0 Å². The van der Waals surface area contributed by atoms with E-state index in [0.29, 0.717) is 5.69 Å². The van der Waals surface area contributed by atoms with Gasteiger partial charge >= 0.3 is 0 Å². The molecule has 0 aromatic heterocycles. The third-order valence-electron chi connectivity index (χ3n) is 0.922. The molecular formula is C6H7NPPr-. The third kappa shape index (κ3) is 2.93. The van der Waals surface area contributed by atoms with Crippen LogP contribution in [0.25, 0.3) is 0 Å². The van der Waals surface area contributed by atoms with E-state index < -0.39 is 0 Å². The molecule has 0 fully saturated rings. The van der Waals surface area contributed by atoms with Crippen molar-refractivity contribution < 1.29 is 41.3 Å². The van der Waals surface area contributed by atoms with Gasteiger partial charge in [0.15, 0.2) is 0 Å². The van der Waals surface area contributed by atoms with Crippen LogP contribution in [0.4, 0.5) is 5.69 Å². The van der Waals surface area contributed by atoms with Crippen LogP contribution < -0.4 is 11.0 Å². The molecule has 0 spiro atoms. The van der Waals surface area contributed by atoms with Gasteiger partial charge in [0.25, 0.3) is 0 Å². The van der Waals surface area contributed by atoms with E-state index in [-0.39, 0.29) is 41.3 Å². The van der Waals surface area contributed by atoms with Crippen molar-refractivity contribution in [3.05, 3.63) is 24.3 Å². The molecule has 1 unspecified atom stereocenters. The summed E-state index contributed by atoms with van der Waals surface area (Å²) in [5.74, 6) is 0. The number of nitrogens with two attached hydrogens (primary N) is 1. The van der Waals surface area contributed by atoms with Gasteiger partial charge in [0.2, 0.25) is 0 Å². The molecule has 0 bridgehead atoms. The number of para-hydroxylation sites is 1. The maximum atomic E-state index is 5.44. The second-order valence-electron chi connectivity index (χ2n) is 1.54. The first kappa shape index (κ1) is 9.81. The Hall–Kier alpha value is 0.814. The van der Waals surface area contributed by atoms with Crippen LogP contribution in [0.1, 0.15) is 0 Å². The molecule has 1 nitrogen and oxygen atoms in total. The Bertz CT molecular complexity index is 169. The van der Waals surface area contributed by atoms with Crippen molar-refractivity contribution in [2.24, 2.45) is 0 Å². The summed E-state index contributed by atoms with van der Waals surface area (Å²) in [4.78, 5) is 0. The van der Waals surface area contributed by atoms with Crippen molar-refractivity contribution in [3.8, 4) is 0 Å². The van der Waals surface area contributed by atoms with Crippen molar-refractivity contribution >= 4 is 20.2 Å². The van der Waals surface area contributed by atoms with Gasteiger partial charge in [0.05, 0.1) is 0 Å². The number of anilines is 1. The van der Waals surface area contributed by atoms with Crippen molar-refractivity contribution in [1.82, 2.24) is 0 Å². The topological polar surface area (TPSA) is 26.0 Å². The van der Waals surface area contributed by atoms with E-state index in [2.05, 4.69) is 15.3 Å². The first-order valence-corrected chi connectivity index (χ1v) is 2.90. The van der Waals surface area contributed by atoms with E-state index >= 15 is 0 Å². The number of rotatable bonds is 0.